The van der Waals surface area contributed by atoms with Crippen molar-refractivity contribution in [3.63, 3.8) is 0 Å². The Hall–Kier alpha value is -3.60. The lowest BCUT2D eigenvalue weighted by atomic mass is 10.0. The molecule has 3 aromatic carbocycles. The molecule has 0 unspecified atom stereocenters. The number of hydrogen-bond donors (Lipinski definition) is 0. The van der Waals surface area contributed by atoms with Gasteiger partial charge in [0.05, 0.1) is 22.4 Å². The van der Waals surface area contributed by atoms with Crippen molar-refractivity contribution in [2.24, 2.45) is 0 Å². The minimum atomic E-state index is 1.01. The smallest absolute Gasteiger partial charge is 0.0983 e. The largest absolute Gasteiger partial charge is 0.249 e. The van der Waals surface area contributed by atoms with E-state index in [1.54, 1.807) is 0 Å². The third-order valence-corrected chi connectivity index (χ3v) is 10.7. The molecular weight excluding hydrogens is 573 g/mol. The zero-order valence-electron chi connectivity index (χ0n) is 26.0. The van der Waals surface area contributed by atoms with Gasteiger partial charge in [0.2, 0.25) is 0 Å². The molecule has 6 aromatic rings. The fourth-order valence-electron chi connectivity index (χ4n) is 5.92. The van der Waals surface area contributed by atoms with E-state index in [0.717, 1.165) is 23.9 Å². The van der Waals surface area contributed by atoms with Crippen LogP contribution in [0.25, 0.3) is 52.8 Å². The molecule has 2 nitrogen and oxygen atoms in total. The average molecular weight is 615 g/mol. The summed E-state index contributed by atoms with van der Waals surface area (Å²) < 4.78 is 0. The number of benzene rings is 3. The molecular formula is C40H42N2S2. The summed E-state index contributed by atoms with van der Waals surface area (Å²) in [5.74, 6) is 0. The van der Waals surface area contributed by atoms with Gasteiger partial charge in [0.1, 0.15) is 0 Å². The van der Waals surface area contributed by atoms with Gasteiger partial charge in [0.25, 0.3) is 0 Å². The van der Waals surface area contributed by atoms with E-state index in [4.69, 9.17) is 9.97 Å². The van der Waals surface area contributed by atoms with Gasteiger partial charge < -0.3 is 0 Å². The molecule has 0 aliphatic rings. The first-order chi connectivity index (χ1) is 21.7. The predicted molar refractivity (Wildman–Crippen MR) is 193 cm³/mol. The zero-order valence-corrected chi connectivity index (χ0v) is 27.7. The summed E-state index contributed by atoms with van der Waals surface area (Å²) in [5.41, 5.74) is 9.40. The van der Waals surface area contributed by atoms with Crippen LogP contribution >= 0.6 is 22.7 Å². The van der Waals surface area contributed by atoms with Crippen LogP contribution in [0.15, 0.2) is 97.1 Å². The molecule has 3 heterocycles. The number of unbranched alkanes of at least 4 members (excludes halogenated alkanes) is 6. The van der Waals surface area contributed by atoms with E-state index in [9.17, 15) is 0 Å². The maximum Gasteiger partial charge on any atom is 0.0983 e. The molecule has 0 radical (unpaired) electrons. The van der Waals surface area contributed by atoms with Gasteiger partial charge in [-0.2, -0.15) is 0 Å². The Morgan fingerprint density at radius 1 is 0.432 bits per heavy atom. The quantitative estimate of drug-likeness (QED) is 0.114. The number of fused-ring (bicyclic) bond motifs is 1. The Morgan fingerprint density at radius 3 is 1.25 bits per heavy atom. The summed E-state index contributed by atoms with van der Waals surface area (Å²) in [5, 5.41) is 0. The predicted octanol–water partition coefficient (Wildman–Crippen LogP) is 12.7. The highest BCUT2D eigenvalue weighted by molar-refractivity contribution is 7.19. The molecule has 0 aliphatic carbocycles. The van der Waals surface area contributed by atoms with Crippen molar-refractivity contribution in [1.82, 2.24) is 9.97 Å². The molecule has 0 saturated heterocycles. The summed E-state index contributed by atoms with van der Waals surface area (Å²) in [6, 6.07) is 35.0. The Balaban J connectivity index is 1.47. The molecule has 0 N–H and O–H groups in total. The lowest BCUT2D eigenvalue weighted by molar-refractivity contribution is 0.639. The fraction of sp³-hybridized carbons (Fsp3) is 0.300. The highest BCUT2D eigenvalue weighted by Crippen LogP contribution is 2.42. The van der Waals surface area contributed by atoms with Gasteiger partial charge >= 0.3 is 0 Å². The monoisotopic (exact) mass is 614 g/mol. The van der Waals surface area contributed by atoms with Crippen LogP contribution in [0.5, 0.6) is 0 Å². The van der Waals surface area contributed by atoms with E-state index < -0.39 is 0 Å². The van der Waals surface area contributed by atoms with Crippen LogP contribution in [-0.4, -0.2) is 9.97 Å². The van der Waals surface area contributed by atoms with Crippen molar-refractivity contribution in [2.75, 3.05) is 0 Å². The minimum absolute atomic E-state index is 1.01. The van der Waals surface area contributed by atoms with Crippen LogP contribution in [-0.2, 0) is 12.8 Å². The molecule has 44 heavy (non-hydrogen) atoms. The van der Waals surface area contributed by atoms with E-state index in [1.165, 1.54) is 105 Å². The van der Waals surface area contributed by atoms with Crippen molar-refractivity contribution in [2.45, 2.75) is 78.1 Å². The Bertz CT molecular complexity index is 1650. The second-order valence-electron chi connectivity index (χ2n) is 11.7. The van der Waals surface area contributed by atoms with Crippen LogP contribution in [0.4, 0.5) is 0 Å². The third-order valence-electron chi connectivity index (χ3n) is 8.37. The van der Waals surface area contributed by atoms with Crippen molar-refractivity contribution in [3.05, 3.63) is 108 Å². The van der Waals surface area contributed by atoms with E-state index in [2.05, 4.69) is 111 Å². The van der Waals surface area contributed by atoms with E-state index in [1.807, 2.05) is 22.7 Å². The first-order valence-corrected chi connectivity index (χ1v) is 18.0. The van der Waals surface area contributed by atoms with Crippen LogP contribution < -0.4 is 0 Å². The van der Waals surface area contributed by atoms with Crippen molar-refractivity contribution < 1.29 is 0 Å². The number of aromatic nitrogens is 2. The van der Waals surface area contributed by atoms with Crippen LogP contribution in [0.3, 0.4) is 0 Å². The van der Waals surface area contributed by atoms with Crippen LogP contribution in [0, 0.1) is 0 Å². The third kappa shape index (κ3) is 7.03. The molecule has 224 valence electrons. The normalized spacial score (nSPS) is 11.4. The molecule has 3 aromatic heterocycles. The summed E-state index contributed by atoms with van der Waals surface area (Å²) in [7, 11) is 0. The van der Waals surface area contributed by atoms with Crippen LogP contribution in [0.2, 0.25) is 0 Å². The Morgan fingerprint density at radius 2 is 0.841 bits per heavy atom. The van der Waals surface area contributed by atoms with Crippen molar-refractivity contribution in [3.8, 4) is 41.8 Å². The standard InChI is InChI=1S/C40H42N2S2/c1-3-5-7-15-21-33-34(22-16-8-6-4-2)42-40-32(38-28-26-36(44-38)30-19-13-10-14-20-30)24-23-31(39(40)41-33)37-27-25-35(43-37)29-17-11-9-12-18-29/h9-14,17-20,23-28H,3-8,15-16,21-22H2,1-2H3. The topological polar surface area (TPSA) is 25.8 Å². The number of rotatable bonds is 14. The summed E-state index contributed by atoms with van der Waals surface area (Å²) >= 11 is 3.69. The molecule has 0 saturated carbocycles. The van der Waals surface area contributed by atoms with Crippen LogP contribution in [0.1, 0.15) is 76.6 Å². The van der Waals surface area contributed by atoms with Gasteiger partial charge in [-0.05, 0) is 61.1 Å². The van der Waals surface area contributed by atoms with Gasteiger partial charge in [0, 0.05) is 30.6 Å². The lowest BCUT2D eigenvalue weighted by Crippen LogP contribution is -2.05. The van der Waals surface area contributed by atoms with Gasteiger partial charge in [0.15, 0.2) is 0 Å². The fourth-order valence-corrected chi connectivity index (χ4v) is 8.00. The second kappa shape index (κ2) is 14.9. The van der Waals surface area contributed by atoms with Crippen molar-refractivity contribution in [1.29, 1.82) is 0 Å². The van der Waals surface area contributed by atoms with E-state index in [-0.39, 0.29) is 0 Å². The number of nitrogens with zero attached hydrogens (tertiary/aromatic N) is 2. The molecule has 0 amide bonds. The van der Waals surface area contributed by atoms with Crippen molar-refractivity contribution >= 4 is 33.7 Å². The zero-order chi connectivity index (χ0) is 30.1. The molecule has 0 spiro atoms. The Kier molecular flexibility index (Phi) is 10.3. The van der Waals surface area contributed by atoms with Gasteiger partial charge in [-0.25, -0.2) is 9.97 Å². The number of hydrogen-bond acceptors (Lipinski definition) is 4. The minimum Gasteiger partial charge on any atom is -0.249 e. The molecule has 0 aliphatic heterocycles. The first kappa shape index (κ1) is 30.4. The molecule has 4 heteroatoms. The van der Waals surface area contributed by atoms with E-state index in [0.29, 0.717) is 0 Å². The van der Waals surface area contributed by atoms with Gasteiger partial charge in [-0.3, -0.25) is 0 Å². The molecule has 6 rings (SSSR count). The summed E-state index contributed by atoms with van der Waals surface area (Å²) in [4.78, 5) is 16.1. The first-order valence-electron chi connectivity index (χ1n) is 16.4. The van der Waals surface area contributed by atoms with Gasteiger partial charge in [-0.15, -0.1) is 22.7 Å². The number of aryl methyl sites for hydroxylation is 2. The summed E-state index contributed by atoms with van der Waals surface area (Å²) in [6.45, 7) is 4.56. The SMILES string of the molecule is CCCCCCc1nc2c(-c3ccc(-c4ccccc4)s3)ccc(-c3ccc(-c4ccccc4)s3)c2nc1CCCCCC. The number of thiophene rings is 2. The molecule has 0 bridgehead atoms. The molecule has 0 fully saturated rings. The lowest BCUT2D eigenvalue weighted by Gasteiger charge is -2.14. The highest BCUT2D eigenvalue weighted by atomic mass is 32.1. The molecule has 0 atom stereocenters. The van der Waals surface area contributed by atoms with E-state index >= 15 is 0 Å². The van der Waals surface area contributed by atoms with Gasteiger partial charge in [-0.1, -0.05) is 125 Å². The second-order valence-corrected chi connectivity index (χ2v) is 13.8. The maximum atomic E-state index is 5.53. The maximum absolute atomic E-state index is 5.53. The Labute approximate surface area is 270 Å². The average Bonchev–Trinajstić information content (AvgIpc) is 3.77. The highest BCUT2D eigenvalue weighted by Gasteiger charge is 2.19. The summed E-state index contributed by atoms with van der Waals surface area (Å²) in [6.07, 6.45) is 11.9.